The van der Waals surface area contributed by atoms with Gasteiger partial charge in [-0.05, 0) is 56.3 Å². The molecule has 0 saturated heterocycles. The lowest BCUT2D eigenvalue weighted by molar-refractivity contribution is -0.0537. The molecule has 154 valence electrons. The first-order valence-electron chi connectivity index (χ1n) is 10.7. The van der Waals surface area contributed by atoms with E-state index < -0.39 is 0 Å². The Morgan fingerprint density at radius 2 is 1.54 bits per heavy atom. The molecule has 0 aliphatic heterocycles. The summed E-state index contributed by atoms with van der Waals surface area (Å²) in [6, 6.07) is 0.182. The van der Waals surface area contributed by atoms with Gasteiger partial charge in [0, 0.05) is 19.1 Å². The van der Waals surface area contributed by atoms with E-state index in [1.807, 2.05) is 7.11 Å². The number of rotatable bonds is 12. The fourth-order valence-electron chi connectivity index (χ4n) is 4.01. The zero-order valence-corrected chi connectivity index (χ0v) is 19.3. The van der Waals surface area contributed by atoms with E-state index in [4.69, 9.17) is 10.5 Å². The summed E-state index contributed by atoms with van der Waals surface area (Å²) < 4.78 is 6.04. The van der Waals surface area contributed by atoms with Crippen LogP contribution in [0, 0.1) is 29.1 Å². The second kappa shape index (κ2) is 11.3. The quantitative estimate of drug-likeness (QED) is 0.395. The molecule has 0 saturated carbocycles. The molecule has 0 rings (SSSR count). The monoisotopic (exact) mass is 365 g/mol. The van der Waals surface area contributed by atoms with Crippen LogP contribution in [0.5, 0.6) is 0 Å². The summed E-state index contributed by atoms with van der Waals surface area (Å²) in [6.07, 6.45) is 12.4. The van der Waals surface area contributed by atoms with E-state index in [1.165, 1.54) is 0 Å². The zero-order chi connectivity index (χ0) is 20.5. The Morgan fingerprint density at radius 1 is 0.962 bits per heavy atom. The molecule has 2 N–H and O–H groups in total. The minimum atomic E-state index is -0.172. The van der Waals surface area contributed by atoms with E-state index in [9.17, 15) is 0 Å². The fraction of sp³-hybridized carbons (Fsp3) is 0.833. The summed E-state index contributed by atoms with van der Waals surface area (Å²) in [7, 11) is 1.85. The number of nitrogens with two attached hydrogens (primary N) is 1. The highest BCUT2D eigenvalue weighted by atomic mass is 16.5. The van der Waals surface area contributed by atoms with Crippen LogP contribution in [0.1, 0.15) is 81.6 Å². The summed E-state index contributed by atoms with van der Waals surface area (Å²) in [4.78, 5) is 0. The third kappa shape index (κ3) is 6.23. The molecule has 1 unspecified atom stereocenters. The van der Waals surface area contributed by atoms with E-state index in [0.29, 0.717) is 23.7 Å². The highest BCUT2D eigenvalue weighted by molar-refractivity contribution is 5.08. The van der Waals surface area contributed by atoms with Crippen molar-refractivity contribution < 1.29 is 4.74 Å². The Hall–Kier alpha value is -0.600. The Kier molecular flexibility index (Phi) is 11.0. The van der Waals surface area contributed by atoms with Crippen LogP contribution in [0.25, 0.3) is 0 Å². The molecule has 0 spiro atoms. The summed E-state index contributed by atoms with van der Waals surface area (Å²) in [5, 5.41) is 0. The topological polar surface area (TPSA) is 35.2 Å². The van der Waals surface area contributed by atoms with Gasteiger partial charge >= 0.3 is 0 Å². The normalized spacial score (nSPS) is 21.5. The van der Waals surface area contributed by atoms with Crippen molar-refractivity contribution in [2.24, 2.45) is 34.8 Å². The molecule has 0 radical (unpaired) electrons. The molecule has 2 heteroatoms. The van der Waals surface area contributed by atoms with Crippen LogP contribution in [0.4, 0.5) is 0 Å². The maximum atomic E-state index is 6.74. The van der Waals surface area contributed by atoms with Gasteiger partial charge in [-0.1, -0.05) is 72.8 Å². The molecule has 6 atom stereocenters. The first-order valence-corrected chi connectivity index (χ1v) is 10.7. The Morgan fingerprint density at radius 3 is 1.92 bits per heavy atom. The zero-order valence-electron chi connectivity index (χ0n) is 19.3. The van der Waals surface area contributed by atoms with Crippen LogP contribution in [0.15, 0.2) is 24.3 Å². The van der Waals surface area contributed by atoms with Crippen molar-refractivity contribution in [3.63, 3.8) is 0 Å². The molecular weight excluding hydrogens is 318 g/mol. The van der Waals surface area contributed by atoms with Gasteiger partial charge in [0.05, 0.1) is 5.60 Å². The van der Waals surface area contributed by atoms with Crippen LogP contribution in [-0.2, 0) is 4.74 Å². The largest absolute Gasteiger partial charge is 0.378 e. The molecule has 0 heterocycles. The first kappa shape index (κ1) is 25.4. The van der Waals surface area contributed by atoms with Crippen molar-refractivity contribution in [2.75, 3.05) is 7.11 Å². The summed E-state index contributed by atoms with van der Waals surface area (Å²) in [6.45, 7) is 20.3. The van der Waals surface area contributed by atoms with E-state index in [0.717, 1.165) is 19.3 Å². The average molecular weight is 366 g/mol. The standard InChI is InChI=1S/C24H47NO/c1-11-15-17-21(24(9,14-4)26-10)20(16-12-2)18(5)19(6)22(25)23(7,8)13-3/h12,15-22H,11,13-14,25H2,1-10H3/b16-12-,17-15-/t18-,19+,20-,21+,22-,24?/m1/s1. The lowest BCUT2D eigenvalue weighted by atomic mass is 9.64. The van der Waals surface area contributed by atoms with E-state index >= 15 is 0 Å². The molecule has 0 fully saturated rings. The van der Waals surface area contributed by atoms with Crippen molar-refractivity contribution in [1.29, 1.82) is 0 Å². The van der Waals surface area contributed by atoms with Gasteiger partial charge in [-0.25, -0.2) is 0 Å². The molecule has 0 aromatic heterocycles. The van der Waals surface area contributed by atoms with Gasteiger partial charge in [-0.15, -0.1) is 0 Å². The Balaban J connectivity index is 5.92. The second-order valence-electron chi connectivity index (χ2n) is 8.92. The lowest BCUT2D eigenvalue weighted by Crippen LogP contribution is -2.48. The van der Waals surface area contributed by atoms with Gasteiger partial charge in [-0.3, -0.25) is 0 Å². The molecule has 0 aliphatic carbocycles. The third-order valence-electron chi connectivity index (χ3n) is 7.10. The molecular formula is C24H47NO. The first-order chi connectivity index (χ1) is 12.1. The molecule has 0 aromatic carbocycles. The van der Waals surface area contributed by atoms with Crippen LogP contribution in [0.3, 0.4) is 0 Å². The molecule has 0 aromatic rings. The van der Waals surface area contributed by atoms with Crippen LogP contribution < -0.4 is 5.73 Å². The van der Waals surface area contributed by atoms with Gasteiger partial charge < -0.3 is 10.5 Å². The maximum Gasteiger partial charge on any atom is 0.0716 e. The molecule has 0 amide bonds. The average Bonchev–Trinajstić information content (AvgIpc) is 2.64. The van der Waals surface area contributed by atoms with Crippen LogP contribution >= 0.6 is 0 Å². The van der Waals surface area contributed by atoms with Gasteiger partial charge in [0.25, 0.3) is 0 Å². The SMILES string of the molecule is C/C=C\[C@H]([C@H](C)[C@H](C)[C@@H](N)C(C)(C)CC)[C@H](/C=C\CC)C(C)(CC)OC. The maximum absolute atomic E-state index is 6.74. The number of methoxy groups -OCH3 is 1. The van der Waals surface area contributed by atoms with Crippen molar-refractivity contribution in [2.45, 2.75) is 93.2 Å². The number of hydrogen-bond acceptors (Lipinski definition) is 2. The Bertz CT molecular complexity index is 433. The highest BCUT2D eigenvalue weighted by Gasteiger charge is 2.41. The molecule has 0 aliphatic rings. The summed E-state index contributed by atoms with van der Waals surface area (Å²) in [5.41, 5.74) is 6.72. The van der Waals surface area contributed by atoms with Gasteiger partial charge in [0.1, 0.15) is 0 Å². The third-order valence-corrected chi connectivity index (χ3v) is 7.10. The van der Waals surface area contributed by atoms with Gasteiger partial charge in [0.15, 0.2) is 0 Å². The molecule has 2 nitrogen and oxygen atoms in total. The van der Waals surface area contributed by atoms with E-state index in [-0.39, 0.29) is 17.1 Å². The minimum absolute atomic E-state index is 0.151. The highest BCUT2D eigenvalue weighted by Crippen LogP contribution is 2.42. The summed E-state index contributed by atoms with van der Waals surface area (Å²) >= 11 is 0. The number of hydrogen-bond donors (Lipinski definition) is 1. The smallest absolute Gasteiger partial charge is 0.0716 e. The fourth-order valence-corrected chi connectivity index (χ4v) is 4.01. The van der Waals surface area contributed by atoms with Crippen molar-refractivity contribution in [3.05, 3.63) is 24.3 Å². The van der Waals surface area contributed by atoms with Crippen molar-refractivity contribution >= 4 is 0 Å². The van der Waals surface area contributed by atoms with Crippen molar-refractivity contribution in [3.8, 4) is 0 Å². The van der Waals surface area contributed by atoms with Crippen LogP contribution in [0.2, 0.25) is 0 Å². The Labute approximate surface area is 164 Å². The molecule has 26 heavy (non-hydrogen) atoms. The predicted octanol–water partition coefficient (Wildman–Crippen LogP) is 6.61. The number of ether oxygens (including phenoxy) is 1. The molecule has 0 bridgehead atoms. The lowest BCUT2D eigenvalue weighted by Gasteiger charge is -2.45. The predicted molar refractivity (Wildman–Crippen MR) is 117 cm³/mol. The van der Waals surface area contributed by atoms with Crippen molar-refractivity contribution in [1.82, 2.24) is 0 Å². The minimum Gasteiger partial charge on any atom is -0.378 e. The van der Waals surface area contributed by atoms with E-state index in [2.05, 4.69) is 86.6 Å². The van der Waals surface area contributed by atoms with Gasteiger partial charge in [-0.2, -0.15) is 0 Å². The van der Waals surface area contributed by atoms with Gasteiger partial charge in [0.2, 0.25) is 0 Å². The van der Waals surface area contributed by atoms with Crippen LogP contribution in [-0.4, -0.2) is 18.8 Å². The second-order valence-corrected chi connectivity index (χ2v) is 8.92. The van der Waals surface area contributed by atoms with E-state index in [1.54, 1.807) is 0 Å². The number of allylic oxidation sites excluding steroid dienone is 3. The summed E-state index contributed by atoms with van der Waals surface area (Å²) in [5.74, 6) is 1.64.